The van der Waals surface area contributed by atoms with Crippen molar-refractivity contribution in [1.29, 1.82) is 0 Å². The lowest BCUT2D eigenvalue weighted by molar-refractivity contribution is 0.0934. The maximum absolute atomic E-state index is 12.8. The average molecular weight is 431 g/mol. The number of benzene rings is 2. The van der Waals surface area contributed by atoms with Gasteiger partial charge in [0.15, 0.2) is 0 Å². The summed E-state index contributed by atoms with van der Waals surface area (Å²) >= 11 is 0. The molecule has 0 aliphatic carbocycles. The van der Waals surface area contributed by atoms with E-state index < -0.39 is 0 Å². The van der Waals surface area contributed by atoms with Crippen LogP contribution in [0.15, 0.2) is 65.3 Å². The molecule has 0 saturated carbocycles. The molecule has 1 unspecified atom stereocenters. The van der Waals surface area contributed by atoms with Crippen molar-refractivity contribution in [1.82, 2.24) is 20.4 Å². The first kappa shape index (κ1) is 21.4. The number of H-pyrrole nitrogens is 1. The first-order valence-corrected chi connectivity index (χ1v) is 10.6. The van der Waals surface area contributed by atoms with Crippen LogP contribution in [0.5, 0.6) is 5.75 Å². The quantitative estimate of drug-likeness (QED) is 0.404. The molecule has 4 rings (SSSR count). The highest BCUT2D eigenvalue weighted by Gasteiger charge is 2.18. The van der Waals surface area contributed by atoms with Gasteiger partial charge in [-0.25, -0.2) is 4.98 Å². The van der Waals surface area contributed by atoms with Crippen LogP contribution >= 0.6 is 0 Å². The Labute approximate surface area is 186 Å². The molecule has 164 valence electrons. The fourth-order valence-corrected chi connectivity index (χ4v) is 3.45. The lowest BCUT2D eigenvalue weighted by Crippen LogP contribution is -2.28. The van der Waals surface area contributed by atoms with Crippen molar-refractivity contribution < 1.29 is 14.1 Å². The maximum Gasteiger partial charge on any atom is 0.251 e. The van der Waals surface area contributed by atoms with Crippen LogP contribution in [0, 0.1) is 13.8 Å². The Hall–Kier alpha value is -3.87. The number of carbonyl (C=O) groups is 1. The van der Waals surface area contributed by atoms with Gasteiger partial charge in [0.05, 0.1) is 29.2 Å². The molecular formula is C25H26N4O3. The van der Waals surface area contributed by atoms with Gasteiger partial charge in [-0.15, -0.1) is 0 Å². The number of aromatic amines is 1. The third-order valence-electron chi connectivity index (χ3n) is 5.40. The number of ether oxygens (including phenoxy) is 1. The molecular weight excluding hydrogens is 404 g/mol. The molecule has 0 saturated heterocycles. The number of hydrogen-bond donors (Lipinski definition) is 2. The van der Waals surface area contributed by atoms with Crippen LogP contribution in [0.4, 0.5) is 0 Å². The Morgan fingerprint density at radius 3 is 2.53 bits per heavy atom. The number of rotatable bonds is 8. The number of amides is 1. The van der Waals surface area contributed by atoms with Crippen molar-refractivity contribution in [3.63, 3.8) is 0 Å². The molecule has 0 radical (unpaired) electrons. The number of nitrogens with zero attached hydrogens (tertiary/aromatic N) is 2. The van der Waals surface area contributed by atoms with Crippen LogP contribution in [0.1, 0.15) is 52.6 Å². The third-order valence-corrected chi connectivity index (χ3v) is 5.40. The fraction of sp³-hybridized carbons (Fsp3) is 0.240. The number of nitrogens with one attached hydrogen (secondary N) is 2. The molecule has 0 spiro atoms. The summed E-state index contributed by atoms with van der Waals surface area (Å²) in [6.45, 7) is 6.13. The first-order valence-electron chi connectivity index (χ1n) is 10.6. The Kier molecular flexibility index (Phi) is 6.35. The smallest absolute Gasteiger partial charge is 0.251 e. The van der Waals surface area contributed by atoms with Gasteiger partial charge < -0.3 is 19.6 Å². The van der Waals surface area contributed by atoms with Gasteiger partial charge in [-0.3, -0.25) is 4.79 Å². The van der Waals surface area contributed by atoms with E-state index in [1.165, 1.54) is 0 Å². The van der Waals surface area contributed by atoms with Crippen LogP contribution in [0.3, 0.4) is 0 Å². The lowest BCUT2D eigenvalue weighted by atomic mass is 10.1. The van der Waals surface area contributed by atoms with Crippen LogP contribution in [0.25, 0.3) is 11.3 Å². The van der Waals surface area contributed by atoms with E-state index in [1.54, 1.807) is 30.5 Å². The SMILES string of the molecule is CCC(NC(=O)c1ccc(OCc2c(C)noc2C)cc1)c1ncc(-c2ccccc2)[nH]1. The van der Waals surface area contributed by atoms with Crippen LogP contribution in [-0.4, -0.2) is 21.0 Å². The molecule has 2 aromatic carbocycles. The molecule has 2 aromatic heterocycles. The van der Waals surface area contributed by atoms with Gasteiger partial charge in [-0.2, -0.15) is 0 Å². The Bertz CT molecular complexity index is 1160. The summed E-state index contributed by atoms with van der Waals surface area (Å²) in [4.78, 5) is 20.6. The number of carbonyl (C=O) groups excluding carboxylic acids is 1. The average Bonchev–Trinajstić information content (AvgIpc) is 3.44. The summed E-state index contributed by atoms with van der Waals surface area (Å²) in [6.07, 6.45) is 2.51. The maximum atomic E-state index is 12.8. The number of imidazole rings is 1. The topological polar surface area (TPSA) is 93.0 Å². The van der Waals surface area contributed by atoms with Gasteiger partial charge in [-0.05, 0) is 50.1 Å². The molecule has 0 aliphatic rings. The second-order valence-electron chi connectivity index (χ2n) is 7.60. The van der Waals surface area contributed by atoms with E-state index in [9.17, 15) is 4.79 Å². The third kappa shape index (κ3) is 4.72. The molecule has 0 bridgehead atoms. The molecule has 2 heterocycles. The molecule has 1 amide bonds. The Morgan fingerprint density at radius 1 is 1.12 bits per heavy atom. The first-order chi connectivity index (χ1) is 15.5. The normalized spacial score (nSPS) is 11.8. The van der Waals surface area contributed by atoms with Crippen LogP contribution in [0.2, 0.25) is 0 Å². The zero-order valence-corrected chi connectivity index (χ0v) is 18.4. The number of hydrogen-bond acceptors (Lipinski definition) is 5. The summed E-state index contributed by atoms with van der Waals surface area (Å²) in [5, 5.41) is 6.99. The van der Waals surface area contributed by atoms with Crippen molar-refractivity contribution in [2.75, 3.05) is 0 Å². The van der Waals surface area contributed by atoms with Crippen LogP contribution in [-0.2, 0) is 6.61 Å². The lowest BCUT2D eigenvalue weighted by Gasteiger charge is -2.15. The number of aromatic nitrogens is 3. The zero-order valence-electron chi connectivity index (χ0n) is 18.4. The standard InChI is InChI=1S/C25H26N4O3/c1-4-22(24-26-14-23(27-24)18-8-6-5-7-9-18)28-25(30)19-10-12-20(13-11-19)31-15-21-16(2)29-32-17(21)3/h5-14,22H,4,15H2,1-3H3,(H,26,27)(H,28,30). The minimum Gasteiger partial charge on any atom is -0.489 e. The molecule has 1 atom stereocenters. The second-order valence-corrected chi connectivity index (χ2v) is 7.60. The van der Waals surface area contributed by atoms with Gasteiger partial charge in [0.1, 0.15) is 23.9 Å². The van der Waals surface area contributed by atoms with Crippen molar-refractivity contribution in [2.24, 2.45) is 0 Å². The van der Waals surface area contributed by atoms with Crippen molar-refractivity contribution in [3.8, 4) is 17.0 Å². The van der Waals surface area contributed by atoms with Gasteiger partial charge >= 0.3 is 0 Å². The molecule has 0 fully saturated rings. The largest absolute Gasteiger partial charge is 0.489 e. The Morgan fingerprint density at radius 2 is 1.88 bits per heavy atom. The molecule has 4 aromatic rings. The molecule has 32 heavy (non-hydrogen) atoms. The van der Waals surface area contributed by atoms with E-state index in [4.69, 9.17) is 9.26 Å². The summed E-state index contributed by atoms with van der Waals surface area (Å²) in [7, 11) is 0. The van der Waals surface area contributed by atoms with Crippen molar-refractivity contribution in [3.05, 3.63) is 89.2 Å². The Balaban J connectivity index is 1.39. The highest BCUT2D eigenvalue weighted by atomic mass is 16.5. The van der Waals surface area contributed by atoms with Gasteiger partial charge in [-0.1, -0.05) is 42.4 Å². The molecule has 7 nitrogen and oxygen atoms in total. The van der Waals surface area contributed by atoms with E-state index in [2.05, 4.69) is 20.4 Å². The zero-order chi connectivity index (χ0) is 22.5. The molecule has 0 aliphatic heterocycles. The van der Waals surface area contributed by atoms with E-state index in [0.29, 0.717) is 24.3 Å². The van der Waals surface area contributed by atoms with E-state index in [-0.39, 0.29) is 11.9 Å². The molecule has 2 N–H and O–H groups in total. The fourth-order valence-electron chi connectivity index (χ4n) is 3.45. The summed E-state index contributed by atoms with van der Waals surface area (Å²) < 4.78 is 11.0. The van der Waals surface area contributed by atoms with Gasteiger partial charge in [0, 0.05) is 5.56 Å². The highest BCUT2D eigenvalue weighted by Crippen LogP contribution is 2.22. The summed E-state index contributed by atoms with van der Waals surface area (Å²) in [6, 6.07) is 16.8. The highest BCUT2D eigenvalue weighted by molar-refractivity contribution is 5.94. The van der Waals surface area contributed by atoms with Crippen molar-refractivity contribution in [2.45, 2.75) is 39.8 Å². The minimum absolute atomic E-state index is 0.160. The van der Waals surface area contributed by atoms with Gasteiger partial charge in [0.25, 0.3) is 5.91 Å². The predicted molar refractivity (Wildman–Crippen MR) is 121 cm³/mol. The minimum atomic E-state index is -0.213. The van der Waals surface area contributed by atoms with E-state index >= 15 is 0 Å². The van der Waals surface area contributed by atoms with E-state index in [1.807, 2.05) is 51.1 Å². The van der Waals surface area contributed by atoms with E-state index in [0.717, 1.165) is 34.1 Å². The van der Waals surface area contributed by atoms with Gasteiger partial charge in [0.2, 0.25) is 0 Å². The predicted octanol–water partition coefficient (Wildman–Crippen LogP) is 5.14. The second kappa shape index (κ2) is 9.51. The molecule has 7 heteroatoms. The van der Waals surface area contributed by atoms with Crippen LogP contribution < -0.4 is 10.1 Å². The van der Waals surface area contributed by atoms with Crippen molar-refractivity contribution >= 4 is 5.91 Å². The summed E-state index contributed by atoms with van der Waals surface area (Å²) in [5.41, 5.74) is 4.29. The number of aryl methyl sites for hydroxylation is 2. The summed E-state index contributed by atoms with van der Waals surface area (Å²) in [5.74, 6) is 2.00. The monoisotopic (exact) mass is 430 g/mol.